The second kappa shape index (κ2) is 6.71. The summed E-state index contributed by atoms with van der Waals surface area (Å²) in [6, 6.07) is 5.38. The summed E-state index contributed by atoms with van der Waals surface area (Å²) in [6.45, 7) is 11.5. The Hall–Kier alpha value is -2.01. The van der Waals surface area contributed by atoms with E-state index in [0.29, 0.717) is 16.9 Å². The highest BCUT2D eigenvalue weighted by molar-refractivity contribution is 5.96. The fourth-order valence-corrected chi connectivity index (χ4v) is 3.09. The number of esters is 1. The number of hydrogen-bond donors (Lipinski definition) is 1. The number of aliphatic hydroxyl groups is 1. The molecule has 0 radical (unpaired) electrons. The number of furan rings is 1. The van der Waals surface area contributed by atoms with Crippen LogP contribution in [0.4, 0.5) is 0 Å². The fraction of sp³-hybridized carbons (Fsp3) is 0.550. The van der Waals surface area contributed by atoms with Gasteiger partial charge < -0.3 is 19.0 Å². The maximum atomic E-state index is 12.5. The van der Waals surface area contributed by atoms with Gasteiger partial charge in [0.1, 0.15) is 11.3 Å². The summed E-state index contributed by atoms with van der Waals surface area (Å²) in [7, 11) is 1.59. The van der Waals surface area contributed by atoms with Gasteiger partial charge in [-0.05, 0) is 30.5 Å². The fourth-order valence-electron chi connectivity index (χ4n) is 3.09. The lowest BCUT2D eigenvalue weighted by molar-refractivity contribution is -0.0639. The van der Waals surface area contributed by atoms with E-state index in [4.69, 9.17) is 13.9 Å². The summed E-state index contributed by atoms with van der Waals surface area (Å²) >= 11 is 0. The third kappa shape index (κ3) is 3.98. The van der Waals surface area contributed by atoms with Gasteiger partial charge in [-0.15, -0.1) is 0 Å². The first-order valence-electron chi connectivity index (χ1n) is 8.39. The summed E-state index contributed by atoms with van der Waals surface area (Å²) in [5, 5.41) is 11.3. The zero-order valence-corrected chi connectivity index (χ0v) is 16.1. The first kappa shape index (κ1) is 19.3. The molecule has 0 fully saturated rings. The van der Waals surface area contributed by atoms with Crippen LogP contribution in [0.25, 0.3) is 11.0 Å². The van der Waals surface area contributed by atoms with Gasteiger partial charge in [-0.2, -0.15) is 0 Å². The van der Waals surface area contributed by atoms with Crippen molar-refractivity contribution < 1.29 is 23.8 Å². The SMILES string of the molecule is COc1ccc2oc(C(=O)OCC(C)(C)C(O)C(C)(C)C)c(C)c2c1. The molecule has 0 aliphatic carbocycles. The summed E-state index contributed by atoms with van der Waals surface area (Å²) in [5.41, 5.74) is 0.450. The minimum Gasteiger partial charge on any atom is -0.497 e. The Labute approximate surface area is 148 Å². The van der Waals surface area contributed by atoms with E-state index < -0.39 is 17.5 Å². The van der Waals surface area contributed by atoms with Crippen molar-refractivity contribution in [2.75, 3.05) is 13.7 Å². The van der Waals surface area contributed by atoms with Crippen LogP contribution in [-0.2, 0) is 4.74 Å². The number of methoxy groups -OCH3 is 1. The van der Waals surface area contributed by atoms with Crippen LogP contribution in [0.3, 0.4) is 0 Å². The number of carbonyl (C=O) groups is 1. The molecule has 1 heterocycles. The van der Waals surface area contributed by atoms with Crippen LogP contribution in [0.1, 0.15) is 50.7 Å². The Kier molecular flexibility index (Phi) is 5.19. The zero-order chi connectivity index (χ0) is 19.0. The van der Waals surface area contributed by atoms with E-state index in [2.05, 4.69) is 0 Å². The number of hydrogen-bond acceptors (Lipinski definition) is 5. The summed E-state index contributed by atoms with van der Waals surface area (Å²) in [5.74, 6) is 0.358. The van der Waals surface area contributed by atoms with Gasteiger partial charge in [0, 0.05) is 16.4 Å². The average molecular weight is 348 g/mol. The highest BCUT2D eigenvalue weighted by atomic mass is 16.5. The lowest BCUT2D eigenvalue weighted by Crippen LogP contribution is -2.43. The van der Waals surface area contributed by atoms with Gasteiger partial charge in [-0.25, -0.2) is 4.79 Å². The molecule has 0 saturated carbocycles. The van der Waals surface area contributed by atoms with E-state index in [1.165, 1.54) is 0 Å². The molecule has 1 N–H and O–H groups in total. The van der Waals surface area contributed by atoms with Crippen LogP contribution < -0.4 is 4.74 Å². The topological polar surface area (TPSA) is 68.9 Å². The monoisotopic (exact) mass is 348 g/mol. The van der Waals surface area contributed by atoms with Crippen molar-refractivity contribution in [2.24, 2.45) is 10.8 Å². The Morgan fingerprint density at radius 1 is 1.24 bits per heavy atom. The van der Waals surface area contributed by atoms with Crippen LogP contribution in [0.5, 0.6) is 5.75 Å². The van der Waals surface area contributed by atoms with Gasteiger partial charge in [0.15, 0.2) is 0 Å². The summed E-state index contributed by atoms with van der Waals surface area (Å²) < 4.78 is 16.3. The molecule has 1 aromatic heterocycles. The van der Waals surface area contributed by atoms with Crippen molar-refractivity contribution >= 4 is 16.9 Å². The lowest BCUT2D eigenvalue weighted by Gasteiger charge is -2.38. The second-order valence-electron chi connectivity index (χ2n) is 8.25. The molecule has 1 atom stereocenters. The molecular weight excluding hydrogens is 320 g/mol. The van der Waals surface area contributed by atoms with Crippen LogP contribution in [0, 0.1) is 17.8 Å². The number of rotatable bonds is 5. The number of aryl methyl sites for hydroxylation is 1. The quantitative estimate of drug-likeness (QED) is 0.814. The Morgan fingerprint density at radius 2 is 1.88 bits per heavy atom. The van der Waals surface area contributed by atoms with Crippen LogP contribution >= 0.6 is 0 Å². The molecule has 5 heteroatoms. The van der Waals surface area contributed by atoms with Crippen LogP contribution in [0.15, 0.2) is 22.6 Å². The molecule has 0 amide bonds. The van der Waals surface area contributed by atoms with Crippen LogP contribution in [-0.4, -0.2) is 30.9 Å². The van der Waals surface area contributed by atoms with Gasteiger partial charge in [0.2, 0.25) is 5.76 Å². The van der Waals surface area contributed by atoms with Gasteiger partial charge in [-0.3, -0.25) is 0 Å². The Morgan fingerprint density at radius 3 is 2.44 bits per heavy atom. The average Bonchev–Trinajstić information content (AvgIpc) is 2.87. The van der Waals surface area contributed by atoms with E-state index in [9.17, 15) is 9.90 Å². The lowest BCUT2D eigenvalue weighted by atomic mass is 9.73. The molecule has 0 saturated heterocycles. The molecule has 25 heavy (non-hydrogen) atoms. The Bertz CT molecular complexity index is 764. The predicted molar refractivity (Wildman–Crippen MR) is 97.0 cm³/mol. The van der Waals surface area contributed by atoms with E-state index in [0.717, 1.165) is 5.39 Å². The van der Waals surface area contributed by atoms with Crippen molar-refractivity contribution in [3.63, 3.8) is 0 Å². The largest absolute Gasteiger partial charge is 0.497 e. The normalized spacial score (nSPS) is 13.8. The van der Waals surface area contributed by atoms with Crippen molar-refractivity contribution in [1.82, 2.24) is 0 Å². The number of carbonyl (C=O) groups excluding carboxylic acids is 1. The highest BCUT2D eigenvalue weighted by Crippen LogP contribution is 2.35. The van der Waals surface area contributed by atoms with Gasteiger partial charge in [0.05, 0.1) is 19.8 Å². The molecule has 1 unspecified atom stereocenters. The third-order valence-corrected chi connectivity index (χ3v) is 4.46. The standard InChI is InChI=1S/C20H28O5/c1-12-14-10-13(23-7)8-9-15(14)25-16(12)17(21)24-11-20(5,6)18(22)19(2,3)4/h8-10,18,22H,11H2,1-7H3. The number of ether oxygens (including phenoxy) is 2. The molecule has 2 rings (SSSR count). The second-order valence-corrected chi connectivity index (χ2v) is 8.25. The molecule has 0 bridgehead atoms. The third-order valence-electron chi connectivity index (χ3n) is 4.46. The highest BCUT2D eigenvalue weighted by Gasteiger charge is 2.38. The smallest absolute Gasteiger partial charge is 0.374 e. The molecule has 0 aliphatic rings. The zero-order valence-electron chi connectivity index (χ0n) is 16.1. The summed E-state index contributed by atoms with van der Waals surface area (Å²) in [4.78, 5) is 12.5. The molecule has 138 valence electrons. The molecule has 1 aromatic carbocycles. The van der Waals surface area contributed by atoms with E-state index >= 15 is 0 Å². The molecular formula is C20H28O5. The number of aliphatic hydroxyl groups excluding tert-OH is 1. The first-order chi connectivity index (χ1) is 11.5. The number of fused-ring (bicyclic) bond motifs is 1. The molecule has 2 aromatic rings. The van der Waals surface area contributed by atoms with Gasteiger partial charge in [-0.1, -0.05) is 34.6 Å². The minimum absolute atomic E-state index is 0.101. The maximum Gasteiger partial charge on any atom is 0.374 e. The molecule has 0 spiro atoms. The summed E-state index contributed by atoms with van der Waals surface area (Å²) in [6.07, 6.45) is -0.617. The first-order valence-corrected chi connectivity index (χ1v) is 8.39. The van der Waals surface area contributed by atoms with Crippen molar-refractivity contribution in [3.8, 4) is 5.75 Å². The maximum absolute atomic E-state index is 12.5. The predicted octanol–water partition coefficient (Wildman–Crippen LogP) is 4.34. The Balaban J connectivity index is 2.19. The van der Waals surface area contributed by atoms with Crippen molar-refractivity contribution in [3.05, 3.63) is 29.5 Å². The van der Waals surface area contributed by atoms with Crippen molar-refractivity contribution in [2.45, 2.75) is 47.6 Å². The van der Waals surface area contributed by atoms with E-state index in [1.807, 2.05) is 47.6 Å². The van der Waals surface area contributed by atoms with Crippen molar-refractivity contribution in [1.29, 1.82) is 0 Å². The van der Waals surface area contributed by atoms with E-state index in [1.54, 1.807) is 19.2 Å². The van der Waals surface area contributed by atoms with E-state index in [-0.39, 0.29) is 17.8 Å². The van der Waals surface area contributed by atoms with Crippen LogP contribution in [0.2, 0.25) is 0 Å². The van der Waals surface area contributed by atoms with Gasteiger partial charge >= 0.3 is 5.97 Å². The molecule has 5 nitrogen and oxygen atoms in total. The molecule has 0 aliphatic heterocycles. The van der Waals surface area contributed by atoms with Gasteiger partial charge in [0.25, 0.3) is 0 Å². The number of benzene rings is 1. The minimum atomic E-state index is -0.617.